The van der Waals surface area contributed by atoms with Crippen molar-refractivity contribution >= 4 is 17.5 Å². The predicted molar refractivity (Wildman–Crippen MR) is 96.4 cm³/mol. The molecule has 1 atom stereocenters. The lowest BCUT2D eigenvalue weighted by Crippen LogP contribution is -2.30. The Bertz CT molecular complexity index is 792. The number of hydrogen-bond acceptors (Lipinski definition) is 3. The normalized spacial score (nSPS) is 16.6. The van der Waals surface area contributed by atoms with Crippen molar-refractivity contribution in [3.63, 3.8) is 0 Å². The van der Waals surface area contributed by atoms with Crippen molar-refractivity contribution in [3.05, 3.63) is 59.9 Å². The van der Waals surface area contributed by atoms with Gasteiger partial charge in [-0.2, -0.15) is 0 Å². The zero-order valence-electron chi connectivity index (χ0n) is 14.6. The number of nitrogens with zero attached hydrogens (tertiary/aromatic N) is 1. The third-order valence-corrected chi connectivity index (χ3v) is 4.51. The zero-order valence-corrected chi connectivity index (χ0v) is 14.6. The minimum atomic E-state index is -0.415. The molecule has 1 N–H and O–H groups in total. The first kappa shape index (κ1) is 17.9. The summed E-state index contributed by atoms with van der Waals surface area (Å²) in [5.41, 5.74) is 1.50. The quantitative estimate of drug-likeness (QED) is 0.866. The van der Waals surface area contributed by atoms with E-state index in [-0.39, 0.29) is 18.2 Å². The molecule has 0 bridgehead atoms. The number of carbonyl (C=O) groups is 2. The lowest BCUT2D eigenvalue weighted by molar-refractivity contribution is -0.128. The highest BCUT2D eigenvalue weighted by Crippen LogP contribution is 2.21. The van der Waals surface area contributed by atoms with Crippen molar-refractivity contribution in [2.45, 2.75) is 12.8 Å². The van der Waals surface area contributed by atoms with Gasteiger partial charge in [-0.25, -0.2) is 4.39 Å². The number of carbonyl (C=O) groups excluding carboxylic acids is 2. The van der Waals surface area contributed by atoms with E-state index in [1.807, 2.05) is 24.3 Å². The molecule has 2 aromatic carbocycles. The van der Waals surface area contributed by atoms with Crippen LogP contribution in [0.2, 0.25) is 0 Å². The molecule has 1 aliphatic rings. The topological polar surface area (TPSA) is 58.6 Å². The summed E-state index contributed by atoms with van der Waals surface area (Å²) >= 11 is 0. The lowest BCUT2D eigenvalue weighted by Gasteiger charge is -2.16. The smallest absolute Gasteiger partial charge is 0.229 e. The summed E-state index contributed by atoms with van der Waals surface area (Å²) in [5, 5.41) is 2.68. The highest BCUT2D eigenvalue weighted by molar-refractivity contribution is 5.97. The van der Waals surface area contributed by atoms with Crippen LogP contribution in [0, 0.1) is 11.7 Å². The molecule has 0 saturated carbocycles. The fraction of sp³-hybridized carbons (Fsp3) is 0.300. The molecule has 0 radical (unpaired) electrons. The van der Waals surface area contributed by atoms with Crippen LogP contribution in [0.1, 0.15) is 12.0 Å². The van der Waals surface area contributed by atoms with Crippen LogP contribution >= 0.6 is 0 Å². The number of benzene rings is 2. The zero-order chi connectivity index (χ0) is 18.5. The van der Waals surface area contributed by atoms with Crippen LogP contribution in [0.4, 0.5) is 10.1 Å². The molecule has 2 aromatic rings. The fourth-order valence-corrected chi connectivity index (χ4v) is 3.03. The molecule has 26 heavy (non-hydrogen) atoms. The second kappa shape index (κ2) is 7.99. The van der Waals surface area contributed by atoms with Crippen LogP contribution in [-0.2, 0) is 16.0 Å². The van der Waals surface area contributed by atoms with Gasteiger partial charge in [0.1, 0.15) is 11.6 Å². The van der Waals surface area contributed by atoms with Gasteiger partial charge in [0, 0.05) is 25.2 Å². The van der Waals surface area contributed by atoms with Gasteiger partial charge in [-0.15, -0.1) is 0 Å². The molecule has 1 fully saturated rings. The highest BCUT2D eigenvalue weighted by Gasteiger charge is 2.34. The summed E-state index contributed by atoms with van der Waals surface area (Å²) in [7, 11) is 1.62. The Kier molecular flexibility index (Phi) is 5.51. The molecule has 0 aliphatic carbocycles. The van der Waals surface area contributed by atoms with E-state index in [0.717, 1.165) is 11.3 Å². The third kappa shape index (κ3) is 4.39. The van der Waals surface area contributed by atoms with Gasteiger partial charge in [0.25, 0.3) is 0 Å². The minimum absolute atomic E-state index is 0.0297. The molecule has 5 nitrogen and oxygen atoms in total. The SMILES string of the molecule is COc1ccc(CCN2CC(C(=O)Nc3cccc(F)c3)CC2=O)cc1. The van der Waals surface area contributed by atoms with Gasteiger partial charge in [-0.3, -0.25) is 9.59 Å². The largest absolute Gasteiger partial charge is 0.497 e. The Morgan fingerprint density at radius 1 is 1.27 bits per heavy atom. The van der Waals surface area contributed by atoms with Crippen molar-refractivity contribution in [3.8, 4) is 5.75 Å². The van der Waals surface area contributed by atoms with E-state index in [9.17, 15) is 14.0 Å². The number of likely N-dealkylation sites (tertiary alicyclic amines) is 1. The summed E-state index contributed by atoms with van der Waals surface area (Å²) in [6.07, 6.45) is 0.901. The third-order valence-electron chi connectivity index (χ3n) is 4.51. The number of nitrogens with one attached hydrogen (secondary N) is 1. The van der Waals surface area contributed by atoms with E-state index in [0.29, 0.717) is 25.2 Å². The molecule has 0 spiro atoms. The molecular weight excluding hydrogens is 335 g/mol. The highest BCUT2D eigenvalue weighted by atomic mass is 19.1. The summed E-state index contributed by atoms with van der Waals surface area (Å²) < 4.78 is 18.3. The van der Waals surface area contributed by atoms with E-state index in [1.54, 1.807) is 18.1 Å². The molecule has 2 amide bonds. The van der Waals surface area contributed by atoms with Crippen molar-refractivity contribution < 1.29 is 18.7 Å². The predicted octanol–water partition coefficient (Wildman–Crippen LogP) is 2.86. The fourth-order valence-electron chi connectivity index (χ4n) is 3.03. The molecule has 1 saturated heterocycles. The molecule has 1 aliphatic heterocycles. The first-order valence-electron chi connectivity index (χ1n) is 8.52. The van der Waals surface area contributed by atoms with Gasteiger partial charge in [-0.05, 0) is 42.3 Å². The van der Waals surface area contributed by atoms with E-state index in [4.69, 9.17) is 4.74 Å². The van der Waals surface area contributed by atoms with Crippen LogP contribution in [0.15, 0.2) is 48.5 Å². The Morgan fingerprint density at radius 2 is 2.04 bits per heavy atom. The first-order chi connectivity index (χ1) is 12.5. The monoisotopic (exact) mass is 356 g/mol. The molecular formula is C20H21FN2O3. The second-order valence-electron chi connectivity index (χ2n) is 6.34. The minimum Gasteiger partial charge on any atom is -0.497 e. The number of anilines is 1. The Balaban J connectivity index is 1.53. The standard InChI is InChI=1S/C20H21FN2O3/c1-26-18-7-5-14(6-8-18)9-10-23-13-15(11-19(23)24)20(25)22-17-4-2-3-16(21)12-17/h2-8,12,15H,9-11,13H2,1H3,(H,22,25). The second-order valence-corrected chi connectivity index (χ2v) is 6.34. The van der Waals surface area contributed by atoms with Crippen molar-refractivity contribution in [1.82, 2.24) is 4.90 Å². The molecule has 0 aromatic heterocycles. The van der Waals surface area contributed by atoms with Gasteiger partial charge in [0.15, 0.2) is 0 Å². The van der Waals surface area contributed by atoms with E-state index in [1.165, 1.54) is 18.2 Å². The lowest BCUT2D eigenvalue weighted by atomic mass is 10.1. The molecule has 136 valence electrons. The first-order valence-corrected chi connectivity index (χ1v) is 8.52. The Morgan fingerprint density at radius 3 is 2.73 bits per heavy atom. The Hall–Kier alpha value is -2.89. The molecule has 3 rings (SSSR count). The summed E-state index contributed by atoms with van der Waals surface area (Å²) in [6, 6.07) is 13.4. The number of methoxy groups -OCH3 is 1. The Labute approximate surface area is 151 Å². The van der Waals surface area contributed by atoms with Crippen molar-refractivity contribution in [2.75, 3.05) is 25.5 Å². The molecule has 1 unspecified atom stereocenters. The van der Waals surface area contributed by atoms with Gasteiger partial charge in [0.05, 0.1) is 13.0 Å². The average molecular weight is 356 g/mol. The number of hydrogen-bond donors (Lipinski definition) is 1. The summed E-state index contributed by atoms with van der Waals surface area (Å²) in [4.78, 5) is 26.2. The average Bonchev–Trinajstić information content (AvgIpc) is 3.01. The maximum Gasteiger partial charge on any atom is 0.229 e. The maximum absolute atomic E-state index is 13.2. The van der Waals surface area contributed by atoms with Crippen molar-refractivity contribution in [2.24, 2.45) is 5.92 Å². The van der Waals surface area contributed by atoms with Crippen LogP contribution in [-0.4, -0.2) is 36.9 Å². The number of halogens is 1. The number of rotatable bonds is 6. The van der Waals surface area contributed by atoms with Crippen molar-refractivity contribution in [1.29, 1.82) is 0 Å². The maximum atomic E-state index is 13.2. The number of ether oxygens (including phenoxy) is 1. The van der Waals surface area contributed by atoms with Crippen LogP contribution in [0.25, 0.3) is 0 Å². The number of amides is 2. The molecule has 1 heterocycles. The van der Waals surface area contributed by atoms with Crippen LogP contribution in [0.3, 0.4) is 0 Å². The van der Waals surface area contributed by atoms with E-state index < -0.39 is 11.7 Å². The van der Waals surface area contributed by atoms with Gasteiger partial charge in [-0.1, -0.05) is 18.2 Å². The van der Waals surface area contributed by atoms with E-state index in [2.05, 4.69) is 5.32 Å². The van der Waals surface area contributed by atoms with Gasteiger partial charge in [0.2, 0.25) is 11.8 Å². The van der Waals surface area contributed by atoms with Gasteiger partial charge >= 0.3 is 0 Å². The van der Waals surface area contributed by atoms with Crippen LogP contribution < -0.4 is 10.1 Å². The van der Waals surface area contributed by atoms with Gasteiger partial charge < -0.3 is 15.0 Å². The summed E-state index contributed by atoms with van der Waals surface area (Å²) in [5.74, 6) is -0.318. The van der Waals surface area contributed by atoms with E-state index >= 15 is 0 Å². The molecule has 6 heteroatoms. The summed E-state index contributed by atoms with van der Waals surface area (Å²) in [6.45, 7) is 0.949. The van der Waals surface area contributed by atoms with Crippen LogP contribution in [0.5, 0.6) is 5.75 Å².